The van der Waals surface area contributed by atoms with Gasteiger partial charge in [0.25, 0.3) is 5.22 Å². The van der Waals surface area contributed by atoms with Crippen LogP contribution in [-0.2, 0) is 22.4 Å². The number of amides is 1. The molecule has 156 valence electrons. The predicted molar refractivity (Wildman–Crippen MR) is 116 cm³/mol. The van der Waals surface area contributed by atoms with Gasteiger partial charge >= 0.3 is 5.97 Å². The molecule has 9 heteroatoms. The van der Waals surface area contributed by atoms with E-state index < -0.39 is 5.97 Å². The van der Waals surface area contributed by atoms with E-state index in [1.54, 1.807) is 0 Å². The fourth-order valence-corrected chi connectivity index (χ4v) is 5.22. The largest absolute Gasteiger partial charge is 0.465 e. The van der Waals surface area contributed by atoms with Crippen LogP contribution in [0, 0.1) is 13.8 Å². The van der Waals surface area contributed by atoms with Gasteiger partial charge in [-0.25, -0.2) is 4.79 Å². The van der Waals surface area contributed by atoms with Gasteiger partial charge in [0.05, 0.1) is 18.4 Å². The number of thioether (sulfide) groups is 1. The van der Waals surface area contributed by atoms with Crippen molar-refractivity contribution in [3.63, 3.8) is 0 Å². The summed E-state index contributed by atoms with van der Waals surface area (Å²) in [6.07, 6.45) is 2.79. The van der Waals surface area contributed by atoms with Crippen LogP contribution in [0.3, 0.4) is 0 Å². The molecule has 0 saturated carbocycles. The molecule has 0 fully saturated rings. The van der Waals surface area contributed by atoms with Crippen LogP contribution < -0.4 is 5.32 Å². The molecule has 0 radical (unpaired) electrons. The Labute approximate surface area is 182 Å². The first-order valence-corrected chi connectivity index (χ1v) is 11.3. The summed E-state index contributed by atoms with van der Waals surface area (Å²) in [5.74, 6) is -0.135. The molecule has 1 aliphatic rings. The lowest BCUT2D eigenvalue weighted by atomic mass is 10.1. The number of methoxy groups -OCH3 is 1. The number of anilines is 1. The van der Waals surface area contributed by atoms with E-state index in [9.17, 15) is 9.59 Å². The lowest BCUT2D eigenvalue weighted by Gasteiger charge is -2.06. The number of hydrogen-bond acceptors (Lipinski definition) is 8. The molecule has 0 spiro atoms. The van der Waals surface area contributed by atoms with Crippen LogP contribution in [0.2, 0.25) is 0 Å². The normalized spacial score (nSPS) is 12.6. The molecular formula is C21H21N3O4S2. The third-order valence-electron chi connectivity index (χ3n) is 5.05. The number of aryl methyl sites for hydroxylation is 3. The second kappa shape index (κ2) is 8.61. The fourth-order valence-electron chi connectivity index (χ4n) is 3.36. The molecule has 0 unspecified atom stereocenters. The van der Waals surface area contributed by atoms with Crippen molar-refractivity contribution in [2.75, 3.05) is 18.2 Å². The molecule has 1 N–H and O–H groups in total. The molecule has 1 aliphatic carbocycles. The number of nitrogens with zero attached hydrogens (tertiary/aromatic N) is 2. The van der Waals surface area contributed by atoms with Crippen LogP contribution in [0.15, 0.2) is 27.8 Å². The monoisotopic (exact) mass is 443 g/mol. The first-order valence-electron chi connectivity index (χ1n) is 9.53. The Bertz CT molecular complexity index is 1120. The van der Waals surface area contributed by atoms with Gasteiger partial charge in [-0.2, -0.15) is 0 Å². The first-order chi connectivity index (χ1) is 14.5. The number of benzene rings is 1. The molecule has 4 rings (SSSR count). The Morgan fingerprint density at radius 2 is 2.07 bits per heavy atom. The molecule has 30 heavy (non-hydrogen) atoms. The number of aromatic nitrogens is 2. The van der Waals surface area contributed by atoms with Crippen LogP contribution in [0.5, 0.6) is 0 Å². The van der Waals surface area contributed by atoms with Crippen molar-refractivity contribution in [2.45, 2.75) is 38.3 Å². The summed E-state index contributed by atoms with van der Waals surface area (Å²) in [5, 5.41) is 11.8. The third kappa shape index (κ3) is 4.13. The van der Waals surface area contributed by atoms with E-state index >= 15 is 0 Å². The summed E-state index contributed by atoms with van der Waals surface area (Å²) >= 11 is 2.61. The maximum atomic E-state index is 12.5. The number of nitrogens with one attached hydrogen (secondary N) is 1. The molecule has 0 bridgehead atoms. The van der Waals surface area contributed by atoms with Crippen LogP contribution in [0.4, 0.5) is 5.00 Å². The Morgan fingerprint density at radius 3 is 2.83 bits per heavy atom. The summed E-state index contributed by atoms with van der Waals surface area (Å²) in [5.41, 5.74) is 4.67. The topological polar surface area (TPSA) is 94.3 Å². The number of rotatable bonds is 6. The highest BCUT2D eigenvalue weighted by atomic mass is 32.2. The zero-order valence-electron chi connectivity index (χ0n) is 16.9. The maximum absolute atomic E-state index is 12.5. The van der Waals surface area contributed by atoms with E-state index in [2.05, 4.69) is 15.5 Å². The molecule has 2 heterocycles. The van der Waals surface area contributed by atoms with Crippen LogP contribution >= 0.6 is 23.1 Å². The lowest BCUT2D eigenvalue weighted by Crippen LogP contribution is -2.16. The van der Waals surface area contributed by atoms with Gasteiger partial charge in [-0.05, 0) is 61.9 Å². The van der Waals surface area contributed by atoms with Crippen molar-refractivity contribution in [1.82, 2.24) is 10.2 Å². The van der Waals surface area contributed by atoms with E-state index in [-0.39, 0.29) is 11.7 Å². The van der Waals surface area contributed by atoms with Gasteiger partial charge in [-0.3, -0.25) is 4.79 Å². The highest BCUT2D eigenvalue weighted by molar-refractivity contribution is 7.99. The molecule has 1 amide bonds. The average Bonchev–Trinajstić information content (AvgIpc) is 3.44. The predicted octanol–water partition coefficient (Wildman–Crippen LogP) is 4.42. The number of ether oxygens (including phenoxy) is 1. The smallest absolute Gasteiger partial charge is 0.341 e. The third-order valence-corrected chi connectivity index (χ3v) is 7.08. The molecule has 7 nitrogen and oxygen atoms in total. The van der Waals surface area contributed by atoms with Crippen molar-refractivity contribution in [1.29, 1.82) is 0 Å². The Hall–Kier alpha value is -2.65. The van der Waals surface area contributed by atoms with Gasteiger partial charge < -0.3 is 14.5 Å². The van der Waals surface area contributed by atoms with Gasteiger partial charge in [0.15, 0.2) is 0 Å². The fraction of sp³-hybridized carbons (Fsp3) is 0.333. The van der Waals surface area contributed by atoms with Crippen molar-refractivity contribution in [2.24, 2.45) is 0 Å². The second-order valence-electron chi connectivity index (χ2n) is 7.06. The SMILES string of the molecule is COC(=O)c1c(NC(=O)CSc2nnc(-c3ccc(C)c(C)c3)o2)sc2c1CCC2. The molecule has 3 aromatic rings. The van der Waals surface area contributed by atoms with Crippen molar-refractivity contribution < 1.29 is 18.7 Å². The number of esters is 1. The lowest BCUT2D eigenvalue weighted by molar-refractivity contribution is -0.113. The number of carbonyl (C=O) groups excluding carboxylic acids is 2. The minimum atomic E-state index is -0.410. The van der Waals surface area contributed by atoms with Crippen molar-refractivity contribution in [3.8, 4) is 11.5 Å². The maximum Gasteiger partial charge on any atom is 0.341 e. The van der Waals surface area contributed by atoms with Crippen LogP contribution in [0.25, 0.3) is 11.5 Å². The van der Waals surface area contributed by atoms with Crippen molar-refractivity contribution >= 4 is 40.0 Å². The Morgan fingerprint density at radius 1 is 1.23 bits per heavy atom. The zero-order chi connectivity index (χ0) is 21.3. The van der Waals surface area contributed by atoms with Crippen LogP contribution in [-0.4, -0.2) is 34.9 Å². The van der Waals surface area contributed by atoms with E-state index in [4.69, 9.17) is 9.15 Å². The number of fused-ring (bicyclic) bond motifs is 1. The van der Waals surface area contributed by atoms with Gasteiger partial charge in [-0.15, -0.1) is 21.5 Å². The van der Waals surface area contributed by atoms with E-state index in [0.717, 1.165) is 52.6 Å². The summed E-state index contributed by atoms with van der Waals surface area (Å²) in [6.45, 7) is 4.07. The summed E-state index contributed by atoms with van der Waals surface area (Å²) in [6, 6.07) is 5.93. The first kappa shape index (κ1) is 20.6. The average molecular weight is 444 g/mol. The number of thiophene rings is 1. The Kier molecular flexibility index (Phi) is 5.92. The van der Waals surface area contributed by atoms with E-state index in [0.29, 0.717) is 21.7 Å². The van der Waals surface area contributed by atoms with Crippen molar-refractivity contribution in [3.05, 3.63) is 45.3 Å². The van der Waals surface area contributed by atoms with Gasteiger partial charge in [-0.1, -0.05) is 17.8 Å². The molecular weight excluding hydrogens is 422 g/mol. The summed E-state index contributed by atoms with van der Waals surface area (Å²) < 4.78 is 10.6. The van der Waals surface area contributed by atoms with Gasteiger partial charge in [0.2, 0.25) is 11.8 Å². The van der Waals surface area contributed by atoms with E-state index in [1.165, 1.54) is 24.0 Å². The zero-order valence-corrected chi connectivity index (χ0v) is 18.5. The molecule has 1 aromatic carbocycles. The standard InChI is InChI=1S/C21H21N3O4S2/c1-11-7-8-13(9-12(11)2)18-23-24-21(28-18)29-10-16(25)22-19-17(20(26)27-3)14-5-4-6-15(14)30-19/h7-9H,4-6,10H2,1-3H3,(H,22,25). The molecule has 0 saturated heterocycles. The summed E-state index contributed by atoms with van der Waals surface area (Å²) in [4.78, 5) is 25.8. The highest BCUT2D eigenvalue weighted by Crippen LogP contribution is 2.39. The van der Waals surface area contributed by atoms with Gasteiger partial charge in [0, 0.05) is 10.4 Å². The second-order valence-corrected chi connectivity index (χ2v) is 9.09. The summed E-state index contributed by atoms with van der Waals surface area (Å²) in [7, 11) is 1.35. The molecule has 0 aliphatic heterocycles. The van der Waals surface area contributed by atoms with Gasteiger partial charge in [0.1, 0.15) is 5.00 Å². The minimum absolute atomic E-state index is 0.0950. The molecule has 2 aromatic heterocycles. The minimum Gasteiger partial charge on any atom is -0.465 e. The Balaban J connectivity index is 1.41. The van der Waals surface area contributed by atoms with Crippen LogP contribution in [0.1, 0.15) is 38.3 Å². The quantitative estimate of drug-likeness (QED) is 0.445. The molecule has 0 atom stereocenters. The van der Waals surface area contributed by atoms with E-state index in [1.807, 2.05) is 32.0 Å². The highest BCUT2D eigenvalue weighted by Gasteiger charge is 2.28. The number of hydrogen-bond donors (Lipinski definition) is 1. The number of carbonyl (C=O) groups is 2.